The highest BCUT2D eigenvalue weighted by molar-refractivity contribution is 4.99. The summed E-state index contributed by atoms with van der Waals surface area (Å²) in [6.45, 7) is 0. The van der Waals surface area contributed by atoms with E-state index in [4.69, 9.17) is 10.5 Å². The molecule has 0 aromatic carbocycles. The Morgan fingerprint density at radius 1 is 1.17 bits per heavy atom. The Kier molecular flexibility index (Phi) is 3.67. The number of rotatable bonds is 4. The molecule has 18 heavy (non-hydrogen) atoms. The van der Waals surface area contributed by atoms with Crippen molar-refractivity contribution in [2.45, 2.75) is 68.7 Å². The van der Waals surface area contributed by atoms with Gasteiger partial charge in [0.1, 0.15) is 0 Å². The number of methoxy groups -OCH3 is 1. The number of halogens is 3. The lowest BCUT2D eigenvalue weighted by Gasteiger charge is -2.40. The summed E-state index contributed by atoms with van der Waals surface area (Å²) in [7, 11) is 1.17. The zero-order chi connectivity index (χ0) is 13.4. The van der Waals surface area contributed by atoms with E-state index < -0.39 is 11.8 Å². The Labute approximate surface area is 106 Å². The van der Waals surface area contributed by atoms with Crippen LogP contribution >= 0.6 is 0 Å². The average molecular weight is 265 g/mol. The van der Waals surface area contributed by atoms with Crippen LogP contribution in [0.1, 0.15) is 51.4 Å². The summed E-state index contributed by atoms with van der Waals surface area (Å²) in [6, 6.07) is 0. The molecule has 2 aliphatic carbocycles. The minimum absolute atomic E-state index is 0.0137. The van der Waals surface area contributed by atoms with Crippen LogP contribution in [-0.4, -0.2) is 24.4 Å². The van der Waals surface area contributed by atoms with Crippen LogP contribution in [0.25, 0.3) is 0 Å². The summed E-state index contributed by atoms with van der Waals surface area (Å²) in [5.74, 6) is 0.386. The van der Waals surface area contributed by atoms with Gasteiger partial charge in [-0.2, -0.15) is 13.2 Å². The second-order valence-corrected chi connectivity index (χ2v) is 6.04. The van der Waals surface area contributed by atoms with Gasteiger partial charge in [-0.05, 0) is 57.3 Å². The van der Waals surface area contributed by atoms with Gasteiger partial charge in [-0.25, -0.2) is 0 Å². The Morgan fingerprint density at radius 2 is 1.72 bits per heavy atom. The molecule has 0 aromatic rings. The lowest BCUT2D eigenvalue weighted by atomic mass is 9.76. The molecule has 0 saturated heterocycles. The van der Waals surface area contributed by atoms with Gasteiger partial charge in [0.05, 0.1) is 0 Å². The van der Waals surface area contributed by atoms with Gasteiger partial charge in [0.15, 0.2) is 5.60 Å². The second kappa shape index (κ2) is 4.67. The minimum Gasteiger partial charge on any atom is -0.369 e. The SMILES string of the molecule is COC1(C(F)(F)F)CCC(CCC2(N)CC2)CC1. The average Bonchev–Trinajstić information content (AvgIpc) is 3.04. The molecule has 0 bridgehead atoms. The summed E-state index contributed by atoms with van der Waals surface area (Å²) >= 11 is 0. The van der Waals surface area contributed by atoms with Crippen molar-refractivity contribution >= 4 is 0 Å². The summed E-state index contributed by atoms with van der Waals surface area (Å²) in [5, 5.41) is 0. The molecule has 2 N–H and O–H groups in total. The zero-order valence-corrected chi connectivity index (χ0v) is 10.9. The normalized spacial score (nSPS) is 35.5. The van der Waals surface area contributed by atoms with Crippen molar-refractivity contribution in [3.63, 3.8) is 0 Å². The van der Waals surface area contributed by atoms with Crippen molar-refractivity contribution in [1.82, 2.24) is 0 Å². The van der Waals surface area contributed by atoms with Gasteiger partial charge < -0.3 is 10.5 Å². The fraction of sp³-hybridized carbons (Fsp3) is 1.00. The molecule has 2 nitrogen and oxygen atoms in total. The Balaban J connectivity index is 1.82. The summed E-state index contributed by atoms with van der Waals surface area (Å²) < 4.78 is 43.7. The Bertz CT molecular complexity index is 291. The molecular formula is C13H22F3NO. The molecule has 0 atom stereocenters. The molecule has 2 rings (SSSR count). The maximum absolute atomic E-state index is 13.0. The summed E-state index contributed by atoms with van der Waals surface area (Å²) in [4.78, 5) is 0. The van der Waals surface area contributed by atoms with Crippen LogP contribution in [0, 0.1) is 5.92 Å². The first-order valence-electron chi connectivity index (χ1n) is 6.71. The highest BCUT2D eigenvalue weighted by Crippen LogP contribution is 2.47. The predicted octanol–water partition coefficient (Wildman–Crippen LogP) is 3.40. The zero-order valence-electron chi connectivity index (χ0n) is 10.9. The van der Waals surface area contributed by atoms with E-state index in [-0.39, 0.29) is 18.4 Å². The Hall–Kier alpha value is -0.290. The van der Waals surface area contributed by atoms with Crippen LogP contribution < -0.4 is 5.73 Å². The Morgan fingerprint density at radius 3 is 2.11 bits per heavy atom. The van der Waals surface area contributed by atoms with Gasteiger partial charge in [-0.1, -0.05) is 0 Å². The van der Waals surface area contributed by atoms with E-state index in [0.717, 1.165) is 25.7 Å². The standard InChI is InChI=1S/C13H22F3NO/c1-18-12(13(14,15)16)6-3-10(4-7-12)2-5-11(17)8-9-11/h10H,2-9,17H2,1H3. The van der Waals surface area contributed by atoms with Crippen LogP contribution in [0.15, 0.2) is 0 Å². The highest BCUT2D eigenvalue weighted by Gasteiger charge is 2.56. The van der Waals surface area contributed by atoms with Crippen molar-refractivity contribution in [3.8, 4) is 0 Å². The van der Waals surface area contributed by atoms with Crippen LogP contribution in [0.3, 0.4) is 0 Å². The third-order valence-corrected chi connectivity index (χ3v) is 4.76. The van der Waals surface area contributed by atoms with Gasteiger partial charge in [0.25, 0.3) is 0 Å². The van der Waals surface area contributed by atoms with Crippen LogP contribution in [-0.2, 0) is 4.74 Å². The van der Waals surface area contributed by atoms with Crippen molar-refractivity contribution in [2.75, 3.05) is 7.11 Å². The maximum atomic E-state index is 13.0. The van der Waals surface area contributed by atoms with E-state index in [0.29, 0.717) is 18.8 Å². The number of hydrogen-bond donors (Lipinski definition) is 1. The van der Waals surface area contributed by atoms with Crippen molar-refractivity contribution in [3.05, 3.63) is 0 Å². The molecular weight excluding hydrogens is 243 g/mol. The highest BCUT2D eigenvalue weighted by atomic mass is 19.4. The molecule has 106 valence electrons. The smallest absolute Gasteiger partial charge is 0.369 e. The van der Waals surface area contributed by atoms with Crippen LogP contribution in [0.2, 0.25) is 0 Å². The lowest BCUT2D eigenvalue weighted by molar-refractivity contribution is -0.281. The molecule has 2 fully saturated rings. The first-order valence-corrected chi connectivity index (χ1v) is 6.71. The quantitative estimate of drug-likeness (QED) is 0.845. The topological polar surface area (TPSA) is 35.2 Å². The van der Waals surface area contributed by atoms with Gasteiger partial charge in [0, 0.05) is 12.6 Å². The third-order valence-electron chi connectivity index (χ3n) is 4.76. The van der Waals surface area contributed by atoms with Crippen LogP contribution in [0.5, 0.6) is 0 Å². The number of nitrogens with two attached hydrogens (primary N) is 1. The van der Waals surface area contributed by atoms with E-state index in [1.165, 1.54) is 7.11 Å². The summed E-state index contributed by atoms with van der Waals surface area (Å²) in [5.41, 5.74) is 4.12. The van der Waals surface area contributed by atoms with E-state index in [2.05, 4.69) is 0 Å². The maximum Gasteiger partial charge on any atom is 0.417 e. The van der Waals surface area contributed by atoms with E-state index in [9.17, 15) is 13.2 Å². The number of alkyl halides is 3. The predicted molar refractivity (Wildman–Crippen MR) is 63.1 cm³/mol. The fourth-order valence-corrected chi connectivity index (χ4v) is 2.94. The van der Waals surface area contributed by atoms with E-state index >= 15 is 0 Å². The lowest BCUT2D eigenvalue weighted by Crippen LogP contribution is -2.49. The van der Waals surface area contributed by atoms with Crippen molar-refractivity contribution < 1.29 is 17.9 Å². The minimum atomic E-state index is -4.25. The largest absolute Gasteiger partial charge is 0.417 e. The number of ether oxygens (including phenoxy) is 1. The molecule has 2 aliphatic rings. The molecule has 0 unspecified atom stereocenters. The van der Waals surface area contributed by atoms with Gasteiger partial charge in [-0.3, -0.25) is 0 Å². The van der Waals surface area contributed by atoms with E-state index in [1.807, 2.05) is 0 Å². The van der Waals surface area contributed by atoms with Crippen molar-refractivity contribution in [2.24, 2.45) is 11.7 Å². The monoisotopic (exact) mass is 265 g/mol. The number of hydrogen-bond acceptors (Lipinski definition) is 2. The van der Waals surface area contributed by atoms with Crippen molar-refractivity contribution in [1.29, 1.82) is 0 Å². The molecule has 2 saturated carbocycles. The molecule has 0 radical (unpaired) electrons. The first-order chi connectivity index (χ1) is 8.30. The fourth-order valence-electron chi connectivity index (χ4n) is 2.94. The molecule has 0 heterocycles. The van der Waals surface area contributed by atoms with Gasteiger partial charge in [0.2, 0.25) is 0 Å². The summed E-state index contributed by atoms with van der Waals surface area (Å²) in [6.07, 6.45) is 1.21. The molecule has 0 aliphatic heterocycles. The molecule has 0 amide bonds. The second-order valence-electron chi connectivity index (χ2n) is 6.04. The third kappa shape index (κ3) is 2.82. The van der Waals surface area contributed by atoms with Crippen LogP contribution in [0.4, 0.5) is 13.2 Å². The molecule has 0 spiro atoms. The first kappa shape index (κ1) is 14.1. The molecule has 5 heteroatoms. The van der Waals surface area contributed by atoms with E-state index in [1.54, 1.807) is 0 Å². The van der Waals surface area contributed by atoms with Gasteiger partial charge >= 0.3 is 6.18 Å². The van der Waals surface area contributed by atoms with Gasteiger partial charge in [-0.15, -0.1) is 0 Å². The molecule has 0 aromatic heterocycles.